The van der Waals surface area contributed by atoms with Crippen molar-refractivity contribution in [1.29, 1.82) is 0 Å². The van der Waals surface area contributed by atoms with E-state index >= 15 is 0 Å². The summed E-state index contributed by atoms with van der Waals surface area (Å²) in [4.78, 5) is 20.9. The van der Waals surface area contributed by atoms with Gasteiger partial charge < -0.3 is 0 Å². The number of rotatable bonds is 6. The van der Waals surface area contributed by atoms with Gasteiger partial charge in [0, 0.05) is 6.42 Å². The number of hydrogen-bond donors (Lipinski definition) is 0. The minimum atomic E-state index is -0.0202. The predicted molar refractivity (Wildman–Crippen MR) is 57.9 cm³/mol. The molecule has 0 saturated heterocycles. The summed E-state index contributed by atoms with van der Waals surface area (Å²) in [5.74, 6) is -0.0202. The Morgan fingerprint density at radius 2 is 1.79 bits per heavy atom. The van der Waals surface area contributed by atoms with Crippen LogP contribution in [0.1, 0.15) is 13.3 Å². The quantitative estimate of drug-likeness (QED) is 0.366. The molecule has 0 fully saturated rings. The summed E-state index contributed by atoms with van der Waals surface area (Å²) in [5, 5.41) is 0. The molecule has 0 bridgehead atoms. The number of allylic oxidation sites excluding steroid dienone is 8. The molecule has 74 valence electrons. The maximum Gasteiger partial charge on any atom is 0.159 e. The number of carbonyl (C=O) groups is 2. The summed E-state index contributed by atoms with van der Waals surface area (Å²) in [6, 6.07) is 0. The molecule has 0 radical (unpaired) electrons. The first-order valence-corrected chi connectivity index (χ1v) is 4.40. The normalized spacial score (nSPS) is 12.4. The van der Waals surface area contributed by atoms with Gasteiger partial charge in [-0.1, -0.05) is 36.5 Å². The van der Waals surface area contributed by atoms with Crippen LogP contribution in [0.5, 0.6) is 0 Å². The molecule has 2 nitrogen and oxygen atoms in total. The molecule has 0 unspecified atom stereocenters. The highest BCUT2D eigenvalue weighted by atomic mass is 16.1. The fraction of sp³-hybridized carbons (Fsp3) is 0.167. The van der Waals surface area contributed by atoms with E-state index in [1.54, 1.807) is 12.2 Å². The average molecular weight is 190 g/mol. The van der Waals surface area contributed by atoms with Gasteiger partial charge in [0.05, 0.1) is 0 Å². The van der Waals surface area contributed by atoms with E-state index < -0.39 is 0 Å². The smallest absolute Gasteiger partial charge is 0.159 e. The maximum absolute atomic E-state index is 11.0. The molecule has 0 aliphatic rings. The molecule has 0 spiro atoms. The van der Waals surface area contributed by atoms with Gasteiger partial charge in [0.1, 0.15) is 6.29 Å². The third-order valence-corrected chi connectivity index (χ3v) is 1.34. The van der Waals surface area contributed by atoms with Gasteiger partial charge in [0.2, 0.25) is 0 Å². The Balaban J connectivity index is 3.81. The van der Waals surface area contributed by atoms with Crippen molar-refractivity contribution in [3.8, 4) is 0 Å². The molecule has 0 heterocycles. The molecule has 0 atom stereocenters. The van der Waals surface area contributed by atoms with Crippen molar-refractivity contribution in [1.82, 2.24) is 0 Å². The van der Waals surface area contributed by atoms with Crippen molar-refractivity contribution >= 4 is 12.1 Å². The Morgan fingerprint density at radius 3 is 2.43 bits per heavy atom. The zero-order valence-corrected chi connectivity index (χ0v) is 8.22. The van der Waals surface area contributed by atoms with Crippen LogP contribution in [0.2, 0.25) is 0 Å². The van der Waals surface area contributed by atoms with Crippen LogP contribution in [0.15, 0.2) is 48.6 Å². The topological polar surface area (TPSA) is 34.1 Å². The lowest BCUT2D eigenvalue weighted by atomic mass is 10.2. The minimum absolute atomic E-state index is 0.0202. The molecule has 14 heavy (non-hydrogen) atoms. The third kappa shape index (κ3) is 8.40. The van der Waals surface area contributed by atoms with E-state index in [9.17, 15) is 9.59 Å². The van der Waals surface area contributed by atoms with E-state index in [1.807, 2.05) is 25.2 Å². The van der Waals surface area contributed by atoms with Gasteiger partial charge in [0.25, 0.3) is 0 Å². The molecule has 0 aromatic rings. The molecule has 0 aliphatic heterocycles. The zero-order chi connectivity index (χ0) is 10.6. The van der Waals surface area contributed by atoms with Crippen molar-refractivity contribution < 1.29 is 9.59 Å². The fourth-order valence-electron chi connectivity index (χ4n) is 0.710. The Morgan fingerprint density at radius 1 is 1.07 bits per heavy atom. The molecule has 0 aromatic heterocycles. The Hall–Kier alpha value is -1.70. The van der Waals surface area contributed by atoms with Crippen molar-refractivity contribution in [3.63, 3.8) is 0 Å². The summed E-state index contributed by atoms with van der Waals surface area (Å²) >= 11 is 0. The van der Waals surface area contributed by atoms with E-state index in [0.717, 1.165) is 0 Å². The number of hydrogen-bond acceptors (Lipinski definition) is 2. The van der Waals surface area contributed by atoms with Crippen LogP contribution >= 0.6 is 0 Å². The highest BCUT2D eigenvalue weighted by Gasteiger charge is 1.88. The van der Waals surface area contributed by atoms with Gasteiger partial charge in [-0.25, -0.2) is 0 Å². The zero-order valence-electron chi connectivity index (χ0n) is 8.22. The molecule has 0 aromatic carbocycles. The number of carbonyl (C=O) groups excluding carboxylic acids is 2. The highest BCUT2D eigenvalue weighted by molar-refractivity contribution is 5.91. The van der Waals surface area contributed by atoms with Crippen LogP contribution in [0, 0.1) is 0 Å². The van der Waals surface area contributed by atoms with Crippen molar-refractivity contribution in [2.45, 2.75) is 13.3 Å². The Labute approximate surface area is 84.3 Å². The summed E-state index contributed by atoms with van der Waals surface area (Å²) in [7, 11) is 0. The van der Waals surface area contributed by atoms with Gasteiger partial charge >= 0.3 is 0 Å². The second kappa shape index (κ2) is 9.39. The van der Waals surface area contributed by atoms with Crippen LogP contribution in [-0.4, -0.2) is 12.1 Å². The van der Waals surface area contributed by atoms with Gasteiger partial charge in [0.15, 0.2) is 5.78 Å². The summed E-state index contributed by atoms with van der Waals surface area (Å²) in [6.07, 6.45) is 14.3. The van der Waals surface area contributed by atoms with Crippen LogP contribution in [0.3, 0.4) is 0 Å². The van der Waals surface area contributed by atoms with Crippen molar-refractivity contribution in [2.75, 3.05) is 0 Å². The average Bonchev–Trinajstić information content (AvgIpc) is 2.18. The summed E-state index contributed by atoms with van der Waals surface area (Å²) in [6.45, 7) is 1.92. The molecule has 0 N–H and O–H groups in total. The van der Waals surface area contributed by atoms with Gasteiger partial charge in [-0.05, 0) is 19.1 Å². The molecule has 0 aliphatic carbocycles. The van der Waals surface area contributed by atoms with Crippen molar-refractivity contribution in [2.24, 2.45) is 0 Å². The van der Waals surface area contributed by atoms with E-state index in [0.29, 0.717) is 6.29 Å². The van der Waals surface area contributed by atoms with Crippen LogP contribution in [-0.2, 0) is 9.59 Å². The molecular weight excluding hydrogens is 176 g/mol. The third-order valence-electron chi connectivity index (χ3n) is 1.34. The molecule has 0 saturated carbocycles. The molecule has 0 amide bonds. The van der Waals surface area contributed by atoms with E-state index in [-0.39, 0.29) is 12.2 Å². The lowest BCUT2D eigenvalue weighted by Gasteiger charge is -1.83. The Kier molecular flexibility index (Phi) is 8.25. The first-order chi connectivity index (χ1) is 6.81. The van der Waals surface area contributed by atoms with Crippen molar-refractivity contribution in [3.05, 3.63) is 48.6 Å². The lowest BCUT2D eigenvalue weighted by Crippen LogP contribution is -1.87. The largest absolute Gasteiger partial charge is 0.299 e. The minimum Gasteiger partial charge on any atom is -0.299 e. The van der Waals surface area contributed by atoms with Gasteiger partial charge in [-0.2, -0.15) is 0 Å². The standard InChI is InChI=1S/C12H14O2/c1-2-3-4-5-6-9-12(14)10-7-8-11-13/h2-9,11H,10H2,1H3/b3-2+,5-4+,8-7+,9-6+. The SMILES string of the molecule is C/C=C/C=C/C=C/C(=O)C/C=C/C=O. The fourth-order valence-corrected chi connectivity index (χ4v) is 0.710. The first-order valence-electron chi connectivity index (χ1n) is 4.40. The predicted octanol–water partition coefficient (Wildman–Crippen LogP) is 2.39. The second-order valence-corrected chi connectivity index (χ2v) is 2.50. The lowest BCUT2D eigenvalue weighted by molar-refractivity contribution is -0.113. The monoisotopic (exact) mass is 190 g/mol. The highest BCUT2D eigenvalue weighted by Crippen LogP contribution is 1.88. The van der Waals surface area contributed by atoms with Gasteiger partial charge in [-0.15, -0.1) is 0 Å². The second-order valence-electron chi connectivity index (χ2n) is 2.50. The maximum atomic E-state index is 11.0. The number of aldehydes is 1. The van der Waals surface area contributed by atoms with E-state index in [2.05, 4.69) is 0 Å². The van der Waals surface area contributed by atoms with E-state index in [4.69, 9.17) is 0 Å². The van der Waals surface area contributed by atoms with Crippen LogP contribution < -0.4 is 0 Å². The van der Waals surface area contributed by atoms with Crippen LogP contribution in [0.4, 0.5) is 0 Å². The Bertz CT molecular complexity index is 281. The number of ketones is 1. The molecule has 0 rings (SSSR count). The molecule has 2 heteroatoms. The summed E-state index contributed by atoms with van der Waals surface area (Å²) < 4.78 is 0. The first kappa shape index (κ1) is 12.3. The molecular formula is C12H14O2. The van der Waals surface area contributed by atoms with E-state index in [1.165, 1.54) is 18.2 Å². The summed E-state index contributed by atoms with van der Waals surface area (Å²) in [5.41, 5.74) is 0. The van der Waals surface area contributed by atoms with Crippen LogP contribution in [0.25, 0.3) is 0 Å². The van der Waals surface area contributed by atoms with Gasteiger partial charge in [-0.3, -0.25) is 9.59 Å².